The molecule has 0 saturated carbocycles. The molecule has 4 heteroatoms. The zero-order chi connectivity index (χ0) is 18.2. The first-order chi connectivity index (χ1) is 12.0. The lowest BCUT2D eigenvalue weighted by Crippen LogP contribution is -2.33. The van der Waals surface area contributed by atoms with E-state index in [1.807, 2.05) is 39.0 Å². The molecule has 0 bridgehead atoms. The highest BCUT2D eigenvalue weighted by atomic mass is 16.2. The van der Waals surface area contributed by atoms with Gasteiger partial charge in [-0.05, 0) is 43.5 Å². The summed E-state index contributed by atoms with van der Waals surface area (Å²) in [5, 5.41) is 5.84. The lowest BCUT2D eigenvalue weighted by atomic mass is 10.1. The molecule has 0 radical (unpaired) electrons. The zero-order valence-corrected chi connectivity index (χ0v) is 15.1. The standard InChI is InChI=1S/C21H26N2O2/c1-15(2)20(24)23-19-11-7-10-18(14-19)21(25)22-16(3)12-13-17-8-5-4-6-9-17/h4-11,14-16H,12-13H2,1-3H3,(H,22,25)(H,23,24)/t16-/m0/s1. The fraction of sp³-hybridized carbons (Fsp3) is 0.333. The van der Waals surface area contributed by atoms with Crippen LogP contribution in [0.3, 0.4) is 0 Å². The molecule has 0 aromatic heterocycles. The molecule has 0 spiro atoms. The first-order valence-electron chi connectivity index (χ1n) is 8.71. The van der Waals surface area contributed by atoms with Crippen LogP contribution in [0.25, 0.3) is 0 Å². The first kappa shape index (κ1) is 18.7. The molecule has 2 amide bonds. The molecule has 25 heavy (non-hydrogen) atoms. The van der Waals surface area contributed by atoms with Gasteiger partial charge in [0.25, 0.3) is 5.91 Å². The van der Waals surface area contributed by atoms with E-state index < -0.39 is 0 Å². The number of carbonyl (C=O) groups excluding carboxylic acids is 2. The van der Waals surface area contributed by atoms with Crippen LogP contribution in [0.4, 0.5) is 5.69 Å². The van der Waals surface area contributed by atoms with Gasteiger partial charge in [-0.25, -0.2) is 0 Å². The van der Waals surface area contributed by atoms with Crippen molar-refractivity contribution in [3.8, 4) is 0 Å². The molecule has 2 aromatic rings. The number of benzene rings is 2. The third-order valence-electron chi connectivity index (χ3n) is 4.00. The van der Waals surface area contributed by atoms with E-state index in [1.54, 1.807) is 24.3 Å². The molecule has 0 unspecified atom stereocenters. The molecule has 2 rings (SSSR count). The van der Waals surface area contributed by atoms with E-state index in [4.69, 9.17) is 0 Å². The Kier molecular flexibility index (Phi) is 6.75. The van der Waals surface area contributed by atoms with Crippen LogP contribution < -0.4 is 10.6 Å². The molecule has 2 N–H and O–H groups in total. The maximum Gasteiger partial charge on any atom is 0.251 e. The highest BCUT2D eigenvalue weighted by Crippen LogP contribution is 2.13. The van der Waals surface area contributed by atoms with Gasteiger partial charge in [0.1, 0.15) is 0 Å². The minimum absolute atomic E-state index is 0.0613. The molecule has 0 saturated heterocycles. The van der Waals surface area contributed by atoms with Gasteiger partial charge in [0.05, 0.1) is 0 Å². The normalized spacial score (nSPS) is 11.8. The lowest BCUT2D eigenvalue weighted by Gasteiger charge is -2.15. The minimum atomic E-state index is -0.124. The molecular weight excluding hydrogens is 312 g/mol. The largest absolute Gasteiger partial charge is 0.350 e. The molecule has 0 fully saturated rings. The Balaban J connectivity index is 1.90. The van der Waals surface area contributed by atoms with Gasteiger partial charge >= 0.3 is 0 Å². The number of aryl methyl sites for hydroxylation is 1. The molecule has 0 aliphatic heterocycles. The van der Waals surface area contributed by atoms with E-state index in [0.717, 1.165) is 12.8 Å². The third-order valence-corrected chi connectivity index (χ3v) is 4.00. The van der Waals surface area contributed by atoms with E-state index >= 15 is 0 Å². The predicted molar refractivity (Wildman–Crippen MR) is 102 cm³/mol. The van der Waals surface area contributed by atoms with E-state index in [-0.39, 0.29) is 23.8 Å². The molecule has 132 valence electrons. The second-order valence-electron chi connectivity index (χ2n) is 6.62. The lowest BCUT2D eigenvalue weighted by molar-refractivity contribution is -0.118. The Hall–Kier alpha value is -2.62. The van der Waals surface area contributed by atoms with Gasteiger partial charge in [-0.1, -0.05) is 50.2 Å². The Morgan fingerprint density at radius 2 is 1.68 bits per heavy atom. The number of rotatable bonds is 7. The van der Waals surface area contributed by atoms with Crippen molar-refractivity contribution in [3.63, 3.8) is 0 Å². The summed E-state index contributed by atoms with van der Waals surface area (Å²) in [5.74, 6) is -0.287. The van der Waals surface area contributed by atoms with Gasteiger partial charge in [-0.15, -0.1) is 0 Å². The molecule has 0 heterocycles. The predicted octanol–water partition coefficient (Wildman–Crippen LogP) is 4.03. The summed E-state index contributed by atoms with van der Waals surface area (Å²) >= 11 is 0. The van der Waals surface area contributed by atoms with E-state index in [2.05, 4.69) is 22.8 Å². The van der Waals surface area contributed by atoms with Crippen molar-refractivity contribution in [2.24, 2.45) is 5.92 Å². The topological polar surface area (TPSA) is 58.2 Å². The van der Waals surface area contributed by atoms with Crippen LogP contribution >= 0.6 is 0 Å². The van der Waals surface area contributed by atoms with Crippen molar-refractivity contribution in [1.29, 1.82) is 0 Å². The van der Waals surface area contributed by atoms with Crippen LogP contribution in [0, 0.1) is 5.92 Å². The van der Waals surface area contributed by atoms with Gasteiger partial charge in [-0.2, -0.15) is 0 Å². The maximum atomic E-state index is 12.4. The van der Waals surface area contributed by atoms with Crippen molar-refractivity contribution in [1.82, 2.24) is 5.32 Å². The van der Waals surface area contributed by atoms with Crippen molar-refractivity contribution < 1.29 is 9.59 Å². The van der Waals surface area contributed by atoms with Crippen LogP contribution in [0.5, 0.6) is 0 Å². The Morgan fingerprint density at radius 3 is 2.36 bits per heavy atom. The summed E-state index contributed by atoms with van der Waals surface area (Å²) in [6, 6.07) is 17.3. The van der Waals surface area contributed by atoms with Gasteiger partial charge < -0.3 is 10.6 Å². The fourth-order valence-corrected chi connectivity index (χ4v) is 2.43. The molecule has 1 atom stereocenters. The average molecular weight is 338 g/mol. The second kappa shape index (κ2) is 9.02. The highest BCUT2D eigenvalue weighted by Gasteiger charge is 2.12. The van der Waals surface area contributed by atoms with Crippen LogP contribution in [0.2, 0.25) is 0 Å². The average Bonchev–Trinajstić information content (AvgIpc) is 2.61. The van der Waals surface area contributed by atoms with Crippen LogP contribution in [-0.2, 0) is 11.2 Å². The van der Waals surface area contributed by atoms with Crippen molar-refractivity contribution in [2.45, 2.75) is 39.7 Å². The maximum absolute atomic E-state index is 12.4. The number of hydrogen-bond donors (Lipinski definition) is 2. The molecular formula is C21H26N2O2. The van der Waals surface area contributed by atoms with E-state index in [0.29, 0.717) is 11.3 Å². The number of nitrogens with one attached hydrogen (secondary N) is 2. The quantitative estimate of drug-likeness (QED) is 0.801. The summed E-state index contributed by atoms with van der Waals surface area (Å²) < 4.78 is 0. The molecule has 0 aliphatic carbocycles. The summed E-state index contributed by atoms with van der Waals surface area (Å²) in [6.45, 7) is 5.67. The number of hydrogen-bond acceptors (Lipinski definition) is 2. The van der Waals surface area contributed by atoms with Gasteiger partial charge in [0.15, 0.2) is 0 Å². The van der Waals surface area contributed by atoms with Crippen molar-refractivity contribution >= 4 is 17.5 Å². The van der Waals surface area contributed by atoms with Crippen LogP contribution in [0.15, 0.2) is 54.6 Å². The Labute approximate surface area is 149 Å². The number of carbonyl (C=O) groups is 2. The van der Waals surface area contributed by atoms with E-state index in [1.165, 1.54) is 5.56 Å². The monoisotopic (exact) mass is 338 g/mol. The summed E-state index contributed by atoms with van der Waals surface area (Å²) in [4.78, 5) is 24.2. The molecule has 2 aromatic carbocycles. The van der Waals surface area contributed by atoms with Crippen LogP contribution in [0.1, 0.15) is 43.1 Å². The number of amides is 2. The Morgan fingerprint density at radius 1 is 0.960 bits per heavy atom. The first-order valence-corrected chi connectivity index (χ1v) is 8.71. The molecule has 4 nitrogen and oxygen atoms in total. The molecule has 0 aliphatic rings. The minimum Gasteiger partial charge on any atom is -0.350 e. The summed E-state index contributed by atoms with van der Waals surface area (Å²) in [6.07, 6.45) is 1.80. The highest BCUT2D eigenvalue weighted by molar-refractivity contribution is 5.97. The fourth-order valence-electron chi connectivity index (χ4n) is 2.43. The summed E-state index contributed by atoms with van der Waals surface area (Å²) in [7, 11) is 0. The SMILES string of the molecule is CC(C)C(=O)Nc1cccc(C(=O)N[C@@H](C)CCc2ccccc2)c1. The third kappa shape index (κ3) is 6.07. The Bertz CT molecular complexity index is 711. The van der Waals surface area contributed by atoms with Crippen molar-refractivity contribution in [2.75, 3.05) is 5.32 Å². The second-order valence-corrected chi connectivity index (χ2v) is 6.62. The van der Waals surface area contributed by atoms with Crippen LogP contribution in [-0.4, -0.2) is 17.9 Å². The zero-order valence-electron chi connectivity index (χ0n) is 15.1. The summed E-state index contributed by atoms with van der Waals surface area (Å²) in [5.41, 5.74) is 2.46. The smallest absolute Gasteiger partial charge is 0.251 e. The van der Waals surface area contributed by atoms with E-state index in [9.17, 15) is 9.59 Å². The van der Waals surface area contributed by atoms with Gasteiger partial charge in [-0.3, -0.25) is 9.59 Å². The van der Waals surface area contributed by atoms with Gasteiger partial charge in [0, 0.05) is 23.2 Å². The van der Waals surface area contributed by atoms with Crippen molar-refractivity contribution in [3.05, 3.63) is 65.7 Å². The number of anilines is 1. The van der Waals surface area contributed by atoms with Gasteiger partial charge in [0.2, 0.25) is 5.91 Å².